The molecule has 3 N–H and O–H groups in total. The van der Waals surface area contributed by atoms with Crippen LogP contribution in [0.15, 0.2) is 36.7 Å². The molecule has 3 rings (SSSR count). The molecular formula is C20H17F3N6O3. The van der Waals surface area contributed by atoms with Crippen LogP contribution in [0.5, 0.6) is 5.75 Å². The molecule has 0 spiro atoms. The van der Waals surface area contributed by atoms with E-state index in [-0.39, 0.29) is 36.0 Å². The molecule has 0 bridgehead atoms. The fourth-order valence-electron chi connectivity index (χ4n) is 2.55. The number of aromatic amines is 1. The number of H-pyrrole nitrogens is 1. The van der Waals surface area contributed by atoms with Gasteiger partial charge in [0.05, 0.1) is 18.4 Å². The molecule has 0 atom stereocenters. The minimum absolute atomic E-state index is 0.0402. The minimum atomic E-state index is -4.57. The summed E-state index contributed by atoms with van der Waals surface area (Å²) in [7, 11) is 1.71. The van der Waals surface area contributed by atoms with E-state index in [4.69, 9.17) is 4.74 Å². The van der Waals surface area contributed by atoms with Gasteiger partial charge in [0.15, 0.2) is 0 Å². The second-order valence-corrected chi connectivity index (χ2v) is 6.35. The lowest BCUT2D eigenvalue weighted by atomic mass is 10.1. The Morgan fingerprint density at radius 1 is 1.34 bits per heavy atom. The fraction of sp³-hybridized carbons (Fsp3) is 0.200. The van der Waals surface area contributed by atoms with Crippen molar-refractivity contribution in [1.29, 1.82) is 0 Å². The molecule has 2 aromatic heterocycles. The van der Waals surface area contributed by atoms with E-state index in [1.54, 1.807) is 19.3 Å². The van der Waals surface area contributed by atoms with Crippen LogP contribution in [0.25, 0.3) is 11.4 Å². The Morgan fingerprint density at radius 2 is 2.16 bits per heavy atom. The van der Waals surface area contributed by atoms with Crippen LogP contribution >= 0.6 is 0 Å². The van der Waals surface area contributed by atoms with Gasteiger partial charge in [-0.05, 0) is 30.2 Å². The quantitative estimate of drug-likeness (QED) is 0.292. The Kier molecular flexibility index (Phi) is 6.79. The van der Waals surface area contributed by atoms with Gasteiger partial charge in [0.2, 0.25) is 6.41 Å². The summed E-state index contributed by atoms with van der Waals surface area (Å²) in [5, 5.41) is 9.02. The van der Waals surface area contributed by atoms with Crippen LogP contribution in [0.1, 0.15) is 11.4 Å². The van der Waals surface area contributed by atoms with E-state index in [1.165, 1.54) is 22.9 Å². The number of aryl methyl sites for hydroxylation is 1. The average molecular weight is 446 g/mol. The van der Waals surface area contributed by atoms with Gasteiger partial charge in [0.1, 0.15) is 29.6 Å². The van der Waals surface area contributed by atoms with Crippen LogP contribution in [0.3, 0.4) is 0 Å². The first-order valence-corrected chi connectivity index (χ1v) is 9.15. The monoisotopic (exact) mass is 446 g/mol. The van der Waals surface area contributed by atoms with Crippen molar-refractivity contribution in [3.05, 3.63) is 48.0 Å². The number of nitrogens with one attached hydrogen (secondary N) is 3. The molecule has 0 aliphatic heterocycles. The summed E-state index contributed by atoms with van der Waals surface area (Å²) >= 11 is 0. The molecule has 0 aliphatic carbocycles. The van der Waals surface area contributed by atoms with E-state index < -0.39 is 17.8 Å². The molecule has 12 heteroatoms. The molecule has 0 saturated carbocycles. The Bertz CT molecular complexity index is 1170. The van der Waals surface area contributed by atoms with Gasteiger partial charge >= 0.3 is 12.1 Å². The molecular weight excluding hydrogens is 429 g/mol. The summed E-state index contributed by atoms with van der Waals surface area (Å²) in [6.07, 6.45) is -1.71. The van der Waals surface area contributed by atoms with Gasteiger partial charge in [-0.2, -0.15) is 18.3 Å². The highest BCUT2D eigenvalue weighted by Crippen LogP contribution is 2.32. The van der Waals surface area contributed by atoms with Crippen molar-refractivity contribution in [1.82, 2.24) is 25.1 Å². The summed E-state index contributed by atoms with van der Waals surface area (Å²) in [6, 6.07) is 5.98. The van der Waals surface area contributed by atoms with Crippen molar-refractivity contribution in [2.75, 3.05) is 18.5 Å². The molecule has 32 heavy (non-hydrogen) atoms. The van der Waals surface area contributed by atoms with Crippen molar-refractivity contribution in [2.24, 2.45) is 7.05 Å². The van der Waals surface area contributed by atoms with Gasteiger partial charge in [-0.15, -0.1) is 0 Å². The smallest absolute Gasteiger partial charge is 0.432 e. The number of nitrogens with zero attached hydrogens (tertiary/aromatic N) is 3. The summed E-state index contributed by atoms with van der Waals surface area (Å²) < 4.78 is 45.7. The topological polar surface area (TPSA) is 114 Å². The lowest BCUT2D eigenvalue weighted by molar-refractivity contribution is -0.140. The number of amides is 2. The lowest BCUT2D eigenvalue weighted by Gasteiger charge is -2.12. The minimum Gasteiger partial charge on any atom is -0.490 e. The van der Waals surface area contributed by atoms with E-state index in [1.807, 2.05) is 0 Å². The molecule has 166 valence electrons. The van der Waals surface area contributed by atoms with Gasteiger partial charge in [-0.25, -0.2) is 4.98 Å². The number of hydrogen-bond donors (Lipinski definition) is 3. The SMILES string of the molecule is Cn1ccc(C#CC(=O)Nc2cc(-c3ncc(C(F)(F)F)[nH]3)ccc2OCCNC=O)n1. The zero-order valence-corrected chi connectivity index (χ0v) is 16.7. The maximum atomic E-state index is 12.9. The summed E-state index contributed by atoms with van der Waals surface area (Å²) in [5.74, 6) is 4.50. The number of carbonyl (C=O) groups excluding carboxylic acids is 2. The van der Waals surface area contributed by atoms with Crippen molar-refractivity contribution in [3.8, 4) is 29.0 Å². The third-order valence-corrected chi connectivity index (χ3v) is 3.99. The zero-order chi connectivity index (χ0) is 23.1. The molecule has 2 heterocycles. The van der Waals surface area contributed by atoms with Crippen LogP contribution in [0.4, 0.5) is 18.9 Å². The Hall–Kier alpha value is -4.27. The number of halogens is 3. The lowest BCUT2D eigenvalue weighted by Crippen LogP contribution is -2.19. The number of aromatic nitrogens is 4. The van der Waals surface area contributed by atoms with E-state index in [0.29, 0.717) is 18.3 Å². The number of alkyl halides is 3. The van der Waals surface area contributed by atoms with Crippen molar-refractivity contribution in [3.63, 3.8) is 0 Å². The average Bonchev–Trinajstić information content (AvgIpc) is 3.40. The number of imidazole rings is 1. The second kappa shape index (κ2) is 9.69. The first kappa shape index (κ1) is 22.4. The third-order valence-electron chi connectivity index (χ3n) is 3.99. The maximum absolute atomic E-state index is 12.9. The first-order chi connectivity index (χ1) is 15.3. The summed E-state index contributed by atoms with van der Waals surface area (Å²) in [4.78, 5) is 28.6. The largest absolute Gasteiger partial charge is 0.490 e. The molecule has 0 unspecified atom stereocenters. The number of carbonyl (C=O) groups is 2. The van der Waals surface area contributed by atoms with Crippen molar-refractivity contribution >= 4 is 18.0 Å². The maximum Gasteiger partial charge on any atom is 0.432 e. The van der Waals surface area contributed by atoms with Crippen LogP contribution < -0.4 is 15.4 Å². The Morgan fingerprint density at radius 3 is 2.81 bits per heavy atom. The number of hydrogen-bond acceptors (Lipinski definition) is 5. The van der Waals surface area contributed by atoms with E-state index in [0.717, 1.165) is 0 Å². The molecule has 9 nitrogen and oxygen atoms in total. The van der Waals surface area contributed by atoms with Gasteiger partial charge in [0.25, 0.3) is 0 Å². The second-order valence-electron chi connectivity index (χ2n) is 6.35. The molecule has 0 fully saturated rings. The highest BCUT2D eigenvalue weighted by Gasteiger charge is 2.33. The van der Waals surface area contributed by atoms with E-state index in [9.17, 15) is 22.8 Å². The van der Waals surface area contributed by atoms with E-state index in [2.05, 4.69) is 37.5 Å². The van der Waals surface area contributed by atoms with Gasteiger partial charge in [-0.3, -0.25) is 14.3 Å². The zero-order valence-electron chi connectivity index (χ0n) is 16.7. The van der Waals surface area contributed by atoms with Crippen LogP contribution in [0, 0.1) is 11.8 Å². The fourth-order valence-corrected chi connectivity index (χ4v) is 2.55. The highest BCUT2D eigenvalue weighted by molar-refractivity contribution is 6.05. The molecule has 0 saturated heterocycles. The molecule has 3 aromatic rings. The normalized spacial score (nSPS) is 10.8. The molecule has 0 radical (unpaired) electrons. The van der Waals surface area contributed by atoms with E-state index >= 15 is 0 Å². The summed E-state index contributed by atoms with van der Waals surface area (Å²) in [5.41, 5.74) is -0.159. The predicted molar refractivity (Wildman–Crippen MR) is 107 cm³/mol. The van der Waals surface area contributed by atoms with Crippen LogP contribution in [-0.2, 0) is 22.8 Å². The highest BCUT2D eigenvalue weighted by atomic mass is 19.4. The number of anilines is 1. The molecule has 2 amide bonds. The number of ether oxygens (including phenoxy) is 1. The standard InChI is InChI=1S/C20H17F3N6O3/c1-29-8-6-14(28-29)3-5-18(31)26-15-10-13(2-4-16(15)32-9-7-24-12-30)19-25-11-17(27-19)20(21,22)23/h2,4,6,8,10-12H,7,9H2,1H3,(H,24,30)(H,25,27)(H,26,31). The predicted octanol–water partition coefficient (Wildman–Crippen LogP) is 1.94. The number of benzene rings is 1. The molecule has 0 aliphatic rings. The van der Waals surface area contributed by atoms with Crippen molar-refractivity contribution in [2.45, 2.75) is 6.18 Å². The number of rotatable bonds is 7. The first-order valence-electron chi connectivity index (χ1n) is 9.15. The van der Waals surface area contributed by atoms with Crippen LogP contribution in [0.2, 0.25) is 0 Å². The van der Waals surface area contributed by atoms with Crippen LogP contribution in [-0.4, -0.2) is 45.2 Å². The van der Waals surface area contributed by atoms with Gasteiger partial charge in [-0.1, -0.05) is 0 Å². The van der Waals surface area contributed by atoms with Gasteiger partial charge in [0, 0.05) is 24.7 Å². The Labute approximate surface area is 180 Å². The Balaban J connectivity index is 1.84. The third kappa shape index (κ3) is 5.88. The van der Waals surface area contributed by atoms with Crippen molar-refractivity contribution < 1.29 is 27.5 Å². The summed E-state index contributed by atoms with van der Waals surface area (Å²) in [6.45, 7) is 0.310. The molecule has 1 aromatic carbocycles. The van der Waals surface area contributed by atoms with Gasteiger partial charge < -0.3 is 20.4 Å².